The molecule has 2 rings (SSSR count). The highest BCUT2D eigenvalue weighted by molar-refractivity contribution is 6.35. The van der Waals surface area contributed by atoms with Gasteiger partial charge in [0, 0.05) is 6.20 Å². The van der Waals surface area contributed by atoms with Crippen LogP contribution in [0.15, 0.2) is 41.8 Å². The standard InChI is InChI=1S/C11H7ClN4O/c12-11-8(15-7-17)2-1-3-9(11)16-10-4-5-13-6-14-10/h1-6H,(H,13,14,16). The van der Waals surface area contributed by atoms with Crippen molar-refractivity contribution in [2.24, 2.45) is 4.99 Å². The van der Waals surface area contributed by atoms with E-state index in [1.54, 1.807) is 30.5 Å². The molecule has 1 aromatic carbocycles. The maximum Gasteiger partial charge on any atom is 0.240 e. The van der Waals surface area contributed by atoms with Gasteiger partial charge in [0.2, 0.25) is 6.08 Å². The molecule has 0 aliphatic carbocycles. The topological polar surface area (TPSA) is 67.2 Å². The Morgan fingerprint density at radius 2 is 2.24 bits per heavy atom. The number of hydrogen-bond donors (Lipinski definition) is 1. The number of isocyanates is 1. The summed E-state index contributed by atoms with van der Waals surface area (Å²) in [6.07, 6.45) is 4.48. The van der Waals surface area contributed by atoms with E-state index in [1.807, 2.05) is 0 Å². The molecule has 0 aliphatic heterocycles. The molecular weight excluding hydrogens is 240 g/mol. The van der Waals surface area contributed by atoms with E-state index in [4.69, 9.17) is 11.6 Å². The van der Waals surface area contributed by atoms with Gasteiger partial charge in [-0.25, -0.2) is 14.8 Å². The molecule has 0 atom stereocenters. The molecule has 1 aromatic heterocycles. The second-order valence-electron chi connectivity index (χ2n) is 3.06. The Balaban J connectivity index is 2.34. The molecule has 2 aromatic rings. The number of halogens is 1. The van der Waals surface area contributed by atoms with Crippen molar-refractivity contribution >= 4 is 34.9 Å². The van der Waals surface area contributed by atoms with Crippen molar-refractivity contribution in [1.29, 1.82) is 0 Å². The maximum atomic E-state index is 10.2. The Bertz CT molecular complexity index is 567. The Labute approximate surface area is 102 Å². The first-order valence-corrected chi connectivity index (χ1v) is 5.08. The summed E-state index contributed by atoms with van der Waals surface area (Å²) in [5.74, 6) is 0.606. The maximum absolute atomic E-state index is 10.2. The van der Waals surface area contributed by atoms with Crippen LogP contribution in [-0.4, -0.2) is 16.0 Å². The summed E-state index contributed by atoms with van der Waals surface area (Å²) >= 11 is 6.06. The van der Waals surface area contributed by atoms with Gasteiger partial charge in [0.15, 0.2) is 0 Å². The average Bonchev–Trinajstić information content (AvgIpc) is 2.36. The highest BCUT2D eigenvalue weighted by Crippen LogP contribution is 2.33. The molecule has 0 unspecified atom stereocenters. The third kappa shape index (κ3) is 2.66. The smallest absolute Gasteiger partial charge is 0.240 e. The fraction of sp³-hybridized carbons (Fsp3) is 0. The second-order valence-corrected chi connectivity index (χ2v) is 3.44. The molecule has 0 saturated heterocycles. The molecule has 0 spiro atoms. The van der Waals surface area contributed by atoms with Gasteiger partial charge < -0.3 is 5.32 Å². The minimum atomic E-state index is 0.342. The molecule has 0 saturated carbocycles. The van der Waals surface area contributed by atoms with Gasteiger partial charge in [0.25, 0.3) is 0 Å². The third-order valence-electron chi connectivity index (χ3n) is 1.99. The van der Waals surface area contributed by atoms with Crippen LogP contribution >= 0.6 is 11.6 Å². The predicted octanol–water partition coefficient (Wildman–Crippen LogP) is 2.84. The molecule has 0 aliphatic rings. The number of carbonyl (C=O) groups excluding carboxylic acids is 1. The van der Waals surface area contributed by atoms with Gasteiger partial charge in [-0.05, 0) is 18.2 Å². The van der Waals surface area contributed by atoms with Crippen molar-refractivity contribution < 1.29 is 4.79 Å². The van der Waals surface area contributed by atoms with Crippen LogP contribution in [0.25, 0.3) is 0 Å². The van der Waals surface area contributed by atoms with Crippen LogP contribution < -0.4 is 5.32 Å². The van der Waals surface area contributed by atoms with Gasteiger partial charge in [0.05, 0.1) is 16.4 Å². The zero-order valence-corrected chi connectivity index (χ0v) is 9.35. The van der Waals surface area contributed by atoms with Gasteiger partial charge >= 0.3 is 0 Å². The summed E-state index contributed by atoms with van der Waals surface area (Å²) in [6.45, 7) is 0. The van der Waals surface area contributed by atoms with Gasteiger partial charge in [-0.2, -0.15) is 4.99 Å². The zero-order valence-electron chi connectivity index (χ0n) is 8.59. The van der Waals surface area contributed by atoms with E-state index in [2.05, 4.69) is 20.3 Å². The molecule has 84 valence electrons. The van der Waals surface area contributed by atoms with E-state index in [0.29, 0.717) is 22.2 Å². The van der Waals surface area contributed by atoms with Crippen LogP contribution in [0.5, 0.6) is 0 Å². The van der Waals surface area contributed by atoms with E-state index < -0.39 is 0 Å². The van der Waals surface area contributed by atoms with Crippen LogP contribution in [0.4, 0.5) is 17.2 Å². The Hall–Kier alpha value is -2.23. The SMILES string of the molecule is O=C=Nc1cccc(Nc2ccncn2)c1Cl. The number of aromatic nitrogens is 2. The molecule has 0 amide bonds. The highest BCUT2D eigenvalue weighted by Gasteiger charge is 2.05. The molecule has 0 radical (unpaired) electrons. The average molecular weight is 247 g/mol. The number of benzene rings is 1. The van der Waals surface area contributed by atoms with Crippen LogP contribution in [-0.2, 0) is 4.79 Å². The number of rotatable bonds is 3. The number of nitrogens with zero attached hydrogens (tertiary/aromatic N) is 3. The molecule has 1 N–H and O–H groups in total. The van der Waals surface area contributed by atoms with Gasteiger partial charge in [-0.15, -0.1) is 0 Å². The first-order valence-electron chi connectivity index (χ1n) is 4.70. The highest BCUT2D eigenvalue weighted by atomic mass is 35.5. The van der Waals surface area contributed by atoms with E-state index in [0.717, 1.165) is 0 Å². The third-order valence-corrected chi connectivity index (χ3v) is 2.39. The molecule has 5 nitrogen and oxygen atoms in total. The summed E-state index contributed by atoms with van der Waals surface area (Å²) in [5.41, 5.74) is 0.975. The minimum absolute atomic E-state index is 0.342. The lowest BCUT2D eigenvalue weighted by Crippen LogP contribution is -1.94. The van der Waals surface area contributed by atoms with Gasteiger partial charge in [0.1, 0.15) is 12.1 Å². The lowest BCUT2D eigenvalue weighted by molar-refractivity contribution is 0.565. The summed E-state index contributed by atoms with van der Waals surface area (Å²) in [5, 5.41) is 3.34. The largest absolute Gasteiger partial charge is 0.339 e. The second kappa shape index (κ2) is 5.21. The Morgan fingerprint density at radius 3 is 2.94 bits per heavy atom. The Morgan fingerprint density at radius 1 is 1.35 bits per heavy atom. The van der Waals surface area contributed by atoms with E-state index >= 15 is 0 Å². The molecule has 0 fully saturated rings. The monoisotopic (exact) mass is 246 g/mol. The van der Waals surface area contributed by atoms with Crippen LogP contribution in [0.2, 0.25) is 5.02 Å². The predicted molar refractivity (Wildman–Crippen MR) is 64.5 cm³/mol. The summed E-state index contributed by atoms with van der Waals surface area (Å²) in [4.78, 5) is 21.5. The summed E-state index contributed by atoms with van der Waals surface area (Å²) < 4.78 is 0. The van der Waals surface area contributed by atoms with Crippen molar-refractivity contribution in [3.63, 3.8) is 0 Å². The van der Waals surface area contributed by atoms with Crippen LogP contribution in [0.3, 0.4) is 0 Å². The van der Waals surface area contributed by atoms with Crippen molar-refractivity contribution in [2.45, 2.75) is 0 Å². The van der Waals surface area contributed by atoms with Crippen molar-refractivity contribution in [2.75, 3.05) is 5.32 Å². The van der Waals surface area contributed by atoms with E-state index in [-0.39, 0.29) is 0 Å². The summed E-state index contributed by atoms with van der Waals surface area (Å²) in [7, 11) is 0. The van der Waals surface area contributed by atoms with Crippen LogP contribution in [0.1, 0.15) is 0 Å². The number of hydrogen-bond acceptors (Lipinski definition) is 5. The fourth-order valence-corrected chi connectivity index (χ4v) is 1.47. The minimum Gasteiger partial charge on any atom is -0.339 e. The van der Waals surface area contributed by atoms with Crippen molar-refractivity contribution in [3.05, 3.63) is 41.8 Å². The Kier molecular flexibility index (Phi) is 3.45. The molecule has 0 bridgehead atoms. The normalized spacial score (nSPS) is 9.47. The molecule has 1 heterocycles. The lowest BCUT2D eigenvalue weighted by atomic mass is 10.3. The van der Waals surface area contributed by atoms with E-state index in [1.165, 1.54) is 12.4 Å². The molecular formula is C11H7ClN4O. The zero-order chi connectivity index (χ0) is 12.1. The van der Waals surface area contributed by atoms with Crippen molar-refractivity contribution in [1.82, 2.24) is 9.97 Å². The molecule has 6 heteroatoms. The fourth-order valence-electron chi connectivity index (χ4n) is 1.25. The number of aliphatic imine (C=N–C) groups is 1. The first-order chi connectivity index (χ1) is 8.31. The van der Waals surface area contributed by atoms with Crippen LogP contribution in [0, 0.1) is 0 Å². The van der Waals surface area contributed by atoms with Gasteiger partial charge in [-0.3, -0.25) is 0 Å². The quantitative estimate of drug-likeness (QED) is 0.668. The molecule has 17 heavy (non-hydrogen) atoms. The number of anilines is 2. The van der Waals surface area contributed by atoms with E-state index in [9.17, 15) is 4.79 Å². The number of nitrogens with one attached hydrogen (secondary N) is 1. The summed E-state index contributed by atoms with van der Waals surface area (Å²) in [6, 6.07) is 6.81. The van der Waals surface area contributed by atoms with Gasteiger partial charge in [-0.1, -0.05) is 17.7 Å². The van der Waals surface area contributed by atoms with Crippen molar-refractivity contribution in [3.8, 4) is 0 Å². The lowest BCUT2D eigenvalue weighted by Gasteiger charge is -2.07. The first kappa shape index (κ1) is 11.3.